The summed E-state index contributed by atoms with van der Waals surface area (Å²) < 4.78 is 11.1. The van der Waals surface area contributed by atoms with Gasteiger partial charge in [-0.1, -0.05) is 142 Å². The molecule has 0 aromatic heterocycles. The van der Waals surface area contributed by atoms with E-state index in [1.165, 1.54) is 135 Å². The third kappa shape index (κ3) is 29.7. The van der Waals surface area contributed by atoms with Gasteiger partial charge in [-0.15, -0.1) is 0 Å². The van der Waals surface area contributed by atoms with Crippen LogP contribution in [0.5, 0.6) is 0 Å². The summed E-state index contributed by atoms with van der Waals surface area (Å²) in [5.74, 6) is -0.203. The number of allylic oxidation sites excluding steroid dienone is 2. The minimum atomic E-state index is -0.528. The molecule has 0 amide bonds. The van der Waals surface area contributed by atoms with Gasteiger partial charge in [0.15, 0.2) is 0 Å². The molecule has 0 fully saturated rings. The topological polar surface area (TPSA) is 55.8 Å². The standard InChI is InChI=1S/C34H66O4/c1-3-5-7-9-11-13-15-17-18-20-22-24-26-28-30-37-32-33(31-35)38-34(36)29-27-25-23-21-19-16-14-12-10-8-6-4-2/h13,15,33,35H,3-12,14,16-32H2,1-2H3/b15-13-. The number of aliphatic hydroxyl groups is 1. The fraction of sp³-hybridized carbons (Fsp3) is 0.912. The van der Waals surface area contributed by atoms with E-state index in [4.69, 9.17) is 9.47 Å². The van der Waals surface area contributed by atoms with Crippen molar-refractivity contribution in [2.75, 3.05) is 19.8 Å². The summed E-state index contributed by atoms with van der Waals surface area (Å²) in [7, 11) is 0. The van der Waals surface area contributed by atoms with Gasteiger partial charge in [0.25, 0.3) is 0 Å². The van der Waals surface area contributed by atoms with Gasteiger partial charge in [0.1, 0.15) is 6.10 Å². The summed E-state index contributed by atoms with van der Waals surface area (Å²) in [6, 6.07) is 0. The van der Waals surface area contributed by atoms with Gasteiger partial charge in [-0.25, -0.2) is 0 Å². The molecule has 0 heterocycles. The molecule has 0 rings (SSSR count). The number of hydrogen-bond donors (Lipinski definition) is 1. The lowest BCUT2D eigenvalue weighted by atomic mass is 10.0. The summed E-state index contributed by atoms with van der Waals surface area (Å²) in [5, 5.41) is 9.51. The first kappa shape index (κ1) is 37.1. The molecule has 0 spiro atoms. The number of aliphatic hydroxyl groups excluding tert-OH is 1. The molecule has 0 bridgehead atoms. The van der Waals surface area contributed by atoms with Crippen molar-refractivity contribution in [1.82, 2.24) is 0 Å². The van der Waals surface area contributed by atoms with Crippen LogP contribution in [0.3, 0.4) is 0 Å². The predicted octanol–water partition coefficient (Wildman–Crippen LogP) is 10.3. The average Bonchev–Trinajstić information content (AvgIpc) is 2.92. The van der Waals surface area contributed by atoms with Crippen LogP contribution in [-0.2, 0) is 14.3 Å². The maximum absolute atomic E-state index is 12.1. The van der Waals surface area contributed by atoms with Crippen LogP contribution in [0.2, 0.25) is 0 Å². The molecule has 0 aliphatic carbocycles. The van der Waals surface area contributed by atoms with Crippen molar-refractivity contribution in [3.05, 3.63) is 12.2 Å². The van der Waals surface area contributed by atoms with E-state index in [9.17, 15) is 9.90 Å². The Bertz CT molecular complexity index is 491. The van der Waals surface area contributed by atoms with Crippen LogP contribution in [-0.4, -0.2) is 37.0 Å². The maximum atomic E-state index is 12.1. The molecule has 0 aliphatic heterocycles. The zero-order chi connectivity index (χ0) is 27.8. The van der Waals surface area contributed by atoms with Crippen molar-refractivity contribution in [2.45, 2.75) is 180 Å². The molecule has 38 heavy (non-hydrogen) atoms. The predicted molar refractivity (Wildman–Crippen MR) is 164 cm³/mol. The summed E-state index contributed by atoms with van der Waals surface area (Å²) in [6.07, 6.45) is 35.2. The van der Waals surface area contributed by atoms with Crippen molar-refractivity contribution >= 4 is 5.97 Å². The van der Waals surface area contributed by atoms with Gasteiger partial charge >= 0.3 is 5.97 Å². The van der Waals surface area contributed by atoms with Gasteiger partial charge in [-0.05, 0) is 38.5 Å². The SMILES string of the molecule is CCCCCC/C=C\CCCCCCCCOCC(CO)OC(=O)CCCCCCCCCCCCCC. The van der Waals surface area contributed by atoms with Crippen molar-refractivity contribution in [2.24, 2.45) is 0 Å². The normalized spacial score (nSPS) is 12.4. The van der Waals surface area contributed by atoms with Crippen LogP contribution >= 0.6 is 0 Å². The molecule has 0 radical (unpaired) electrons. The Kier molecular flexibility index (Phi) is 31.6. The van der Waals surface area contributed by atoms with Gasteiger partial charge in [-0.3, -0.25) is 4.79 Å². The zero-order valence-electron chi connectivity index (χ0n) is 25.7. The molecule has 0 aromatic carbocycles. The number of rotatable bonds is 31. The van der Waals surface area contributed by atoms with Crippen molar-refractivity contribution < 1.29 is 19.4 Å². The van der Waals surface area contributed by atoms with E-state index >= 15 is 0 Å². The smallest absolute Gasteiger partial charge is 0.306 e. The fourth-order valence-corrected chi connectivity index (χ4v) is 4.79. The van der Waals surface area contributed by atoms with Gasteiger partial charge in [-0.2, -0.15) is 0 Å². The number of carbonyl (C=O) groups is 1. The molecule has 1 atom stereocenters. The average molecular weight is 539 g/mol. The van der Waals surface area contributed by atoms with Crippen molar-refractivity contribution in [3.63, 3.8) is 0 Å². The number of hydrogen-bond acceptors (Lipinski definition) is 4. The number of carbonyl (C=O) groups excluding carboxylic acids is 1. The van der Waals surface area contributed by atoms with Gasteiger partial charge < -0.3 is 14.6 Å². The Morgan fingerprint density at radius 2 is 1.03 bits per heavy atom. The summed E-state index contributed by atoms with van der Waals surface area (Å²) in [6.45, 7) is 5.33. The van der Waals surface area contributed by atoms with Crippen LogP contribution in [0.4, 0.5) is 0 Å². The van der Waals surface area contributed by atoms with Crippen LogP contribution < -0.4 is 0 Å². The van der Waals surface area contributed by atoms with E-state index in [0.29, 0.717) is 19.6 Å². The lowest BCUT2D eigenvalue weighted by Gasteiger charge is -2.15. The van der Waals surface area contributed by atoms with Crippen LogP contribution in [0.1, 0.15) is 174 Å². The molecular weight excluding hydrogens is 472 g/mol. The summed E-state index contributed by atoms with van der Waals surface area (Å²) >= 11 is 0. The monoisotopic (exact) mass is 538 g/mol. The molecule has 0 saturated carbocycles. The second-order valence-electron chi connectivity index (χ2n) is 11.2. The van der Waals surface area contributed by atoms with Crippen molar-refractivity contribution in [3.8, 4) is 0 Å². The van der Waals surface area contributed by atoms with E-state index in [0.717, 1.165) is 19.3 Å². The first-order chi connectivity index (χ1) is 18.7. The van der Waals surface area contributed by atoms with E-state index in [-0.39, 0.29) is 12.6 Å². The van der Waals surface area contributed by atoms with Crippen LogP contribution in [0.15, 0.2) is 12.2 Å². The van der Waals surface area contributed by atoms with Gasteiger partial charge in [0.2, 0.25) is 0 Å². The molecule has 1 unspecified atom stereocenters. The molecule has 0 aromatic rings. The fourth-order valence-electron chi connectivity index (χ4n) is 4.79. The van der Waals surface area contributed by atoms with Crippen LogP contribution in [0.25, 0.3) is 0 Å². The quantitative estimate of drug-likeness (QED) is 0.0542. The zero-order valence-corrected chi connectivity index (χ0v) is 25.7. The number of unbranched alkanes of at least 4 members (excludes halogenated alkanes) is 21. The Morgan fingerprint density at radius 3 is 1.53 bits per heavy atom. The van der Waals surface area contributed by atoms with E-state index in [1.807, 2.05) is 0 Å². The molecular formula is C34H66O4. The van der Waals surface area contributed by atoms with Gasteiger partial charge in [0.05, 0.1) is 13.2 Å². The first-order valence-corrected chi connectivity index (χ1v) is 16.8. The van der Waals surface area contributed by atoms with E-state index in [1.54, 1.807) is 0 Å². The highest BCUT2D eigenvalue weighted by Gasteiger charge is 2.13. The summed E-state index contributed by atoms with van der Waals surface area (Å²) in [5.41, 5.74) is 0. The lowest BCUT2D eigenvalue weighted by Crippen LogP contribution is -2.27. The molecule has 1 N–H and O–H groups in total. The minimum absolute atomic E-state index is 0.169. The third-order valence-electron chi connectivity index (χ3n) is 7.34. The van der Waals surface area contributed by atoms with E-state index < -0.39 is 6.10 Å². The molecule has 226 valence electrons. The third-order valence-corrected chi connectivity index (χ3v) is 7.34. The summed E-state index contributed by atoms with van der Waals surface area (Å²) in [4.78, 5) is 12.1. The number of esters is 1. The Balaban J connectivity index is 3.43. The largest absolute Gasteiger partial charge is 0.457 e. The molecule has 4 nitrogen and oxygen atoms in total. The van der Waals surface area contributed by atoms with Gasteiger partial charge in [0, 0.05) is 13.0 Å². The highest BCUT2D eigenvalue weighted by atomic mass is 16.6. The highest BCUT2D eigenvalue weighted by molar-refractivity contribution is 5.69. The second kappa shape index (κ2) is 32.3. The lowest BCUT2D eigenvalue weighted by molar-refractivity contribution is -0.154. The molecule has 4 heteroatoms. The second-order valence-corrected chi connectivity index (χ2v) is 11.2. The number of ether oxygens (including phenoxy) is 2. The van der Waals surface area contributed by atoms with E-state index in [2.05, 4.69) is 26.0 Å². The van der Waals surface area contributed by atoms with Crippen molar-refractivity contribution in [1.29, 1.82) is 0 Å². The first-order valence-electron chi connectivity index (χ1n) is 16.8. The molecule has 0 aliphatic rings. The molecule has 0 saturated heterocycles. The Morgan fingerprint density at radius 1 is 0.605 bits per heavy atom. The minimum Gasteiger partial charge on any atom is -0.457 e. The Hall–Kier alpha value is -0.870. The van der Waals surface area contributed by atoms with Crippen LogP contribution in [0, 0.1) is 0 Å². The maximum Gasteiger partial charge on any atom is 0.306 e. The highest BCUT2D eigenvalue weighted by Crippen LogP contribution is 2.13. The Labute approximate surface area is 237 Å².